The molecule has 0 aromatic heterocycles. The highest BCUT2D eigenvalue weighted by Crippen LogP contribution is 2.60. The van der Waals surface area contributed by atoms with Crippen LogP contribution in [0.25, 0.3) is 0 Å². The van der Waals surface area contributed by atoms with Gasteiger partial charge < -0.3 is 10.1 Å². The first-order valence-electron chi connectivity index (χ1n) is 7.42. The van der Waals surface area contributed by atoms with Crippen molar-refractivity contribution in [2.75, 3.05) is 13.2 Å². The second-order valence-corrected chi connectivity index (χ2v) is 6.70. The number of ether oxygens (including phenoxy) is 1. The van der Waals surface area contributed by atoms with Gasteiger partial charge in [0.05, 0.1) is 0 Å². The normalized spacial score (nSPS) is 37.2. The van der Waals surface area contributed by atoms with Gasteiger partial charge in [-0.15, -0.1) is 0 Å². The van der Waals surface area contributed by atoms with Crippen LogP contribution in [0.1, 0.15) is 38.5 Å². The molecule has 0 spiro atoms. The average molecular weight is 276 g/mol. The highest BCUT2D eigenvalue weighted by Gasteiger charge is 2.54. The fraction of sp³-hybridized carbons (Fsp3) is 0.800. The minimum atomic E-state index is -0.537. The molecule has 0 heterocycles. The van der Waals surface area contributed by atoms with E-state index in [-0.39, 0.29) is 24.5 Å². The number of rotatable bonds is 4. The van der Waals surface area contributed by atoms with Crippen molar-refractivity contribution in [2.45, 2.75) is 38.5 Å². The Labute approximate surface area is 118 Å². The van der Waals surface area contributed by atoms with Crippen molar-refractivity contribution in [3.63, 3.8) is 0 Å². The molecule has 0 radical (unpaired) electrons. The number of carbonyl (C=O) groups is 2. The van der Waals surface area contributed by atoms with Gasteiger partial charge in [0.1, 0.15) is 12.6 Å². The number of nitrogens with one attached hydrogen (secondary N) is 1. The summed E-state index contributed by atoms with van der Waals surface area (Å²) in [5.41, 5.74) is -0.232. The van der Waals surface area contributed by atoms with Gasteiger partial charge in [0.25, 0.3) is 0 Å². The predicted octanol–water partition coefficient (Wildman–Crippen LogP) is 1.39. The Hall–Kier alpha value is -1.57. The molecule has 108 valence electrons. The molecule has 0 aromatic rings. The van der Waals surface area contributed by atoms with Crippen molar-refractivity contribution in [1.29, 1.82) is 5.26 Å². The summed E-state index contributed by atoms with van der Waals surface area (Å²) in [6, 6.07) is 1.74. The second kappa shape index (κ2) is 5.08. The van der Waals surface area contributed by atoms with E-state index in [4.69, 9.17) is 5.26 Å². The Balaban J connectivity index is 1.57. The molecule has 5 heteroatoms. The third-order valence-electron chi connectivity index (χ3n) is 5.21. The van der Waals surface area contributed by atoms with Crippen LogP contribution >= 0.6 is 0 Å². The highest BCUT2D eigenvalue weighted by molar-refractivity contribution is 5.86. The van der Waals surface area contributed by atoms with Gasteiger partial charge in [-0.1, -0.05) is 0 Å². The molecule has 0 aromatic carbocycles. The van der Waals surface area contributed by atoms with Gasteiger partial charge in [-0.25, -0.2) is 0 Å². The zero-order valence-electron chi connectivity index (χ0n) is 11.6. The van der Waals surface area contributed by atoms with Crippen molar-refractivity contribution >= 4 is 11.9 Å². The molecule has 4 fully saturated rings. The summed E-state index contributed by atoms with van der Waals surface area (Å²) >= 11 is 0. The fourth-order valence-electron chi connectivity index (χ4n) is 4.89. The minimum absolute atomic E-state index is 0.0190. The quantitative estimate of drug-likeness (QED) is 0.787. The van der Waals surface area contributed by atoms with Crippen molar-refractivity contribution in [3.05, 3.63) is 0 Å². The Bertz CT molecular complexity index is 431. The van der Waals surface area contributed by atoms with Crippen molar-refractivity contribution in [3.8, 4) is 6.07 Å². The van der Waals surface area contributed by atoms with E-state index in [1.54, 1.807) is 6.07 Å². The molecule has 4 saturated carbocycles. The number of carbonyl (C=O) groups excluding carboxylic acids is 2. The summed E-state index contributed by atoms with van der Waals surface area (Å²) in [5, 5.41) is 11.1. The van der Waals surface area contributed by atoms with Gasteiger partial charge in [0.15, 0.2) is 6.61 Å². The molecule has 4 aliphatic rings. The van der Waals surface area contributed by atoms with Gasteiger partial charge in [0, 0.05) is 5.41 Å². The molecule has 0 saturated heterocycles. The molecule has 0 unspecified atom stereocenters. The molecule has 5 nitrogen and oxygen atoms in total. The van der Waals surface area contributed by atoms with E-state index in [0.717, 1.165) is 19.3 Å². The van der Waals surface area contributed by atoms with Gasteiger partial charge in [0.2, 0.25) is 5.91 Å². The van der Waals surface area contributed by atoms with Gasteiger partial charge in [-0.05, 0) is 56.3 Å². The molecule has 1 amide bonds. The van der Waals surface area contributed by atoms with Crippen LogP contribution in [0.5, 0.6) is 0 Å². The smallest absolute Gasteiger partial charge is 0.326 e. The zero-order chi connectivity index (χ0) is 14.2. The first-order valence-corrected chi connectivity index (χ1v) is 7.42. The van der Waals surface area contributed by atoms with Gasteiger partial charge in [-0.3, -0.25) is 9.59 Å². The lowest BCUT2D eigenvalue weighted by atomic mass is 9.49. The van der Waals surface area contributed by atoms with Crippen LogP contribution in [-0.2, 0) is 14.3 Å². The third-order valence-corrected chi connectivity index (χ3v) is 5.21. The van der Waals surface area contributed by atoms with E-state index in [1.165, 1.54) is 19.3 Å². The number of hydrogen-bond acceptors (Lipinski definition) is 4. The fourth-order valence-corrected chi connectivity index (χ4v) is 4.89. The standard InChI is InChI=1S/C15H20N2O3/c16-1-2-20-13(18)9-17-14(19)15-6-10-3-11(7-15)5-12(4-10)8-15/h10-12H,2-9H2,(H,17,19). The number of esters is 1. The largest absolute Gasteiger partial charge is 0.449 e. The molecule has 20 heavy (non-hydrogen) atoms. The van der Waals surface area contributed by atoms with E-state index in [2.05, 4.69) is 10.1 Å². The Morgan fingerprint density at radius 2 is 1.70 bits per heavy atom. The van der Waals surface area contributed by atoms with E-state index in [1.807, 2.05) is 0 Å². The molecule has 0 atom stereocenters. The van der Waals surface area contributed by atoms with Gasteiger partial charge in [-0.2, -0.15) is 5.26 Å². The summed E-state index contributed by atoms with van der Waals surface area (Å²) in [4.78, 5) is 23.8. The molecule has 4 bridgehead atoms. The van der Waals surface area contributed by atoms with Crippen LogP contribution in [-0.4, -0.2) is 25.0 Å². The second-order valence-electron chi connectivity index (χ2n) is 6.70. The maximum Gasteiger partial charge on any atom is 0.326 e. The van der Waals surface area contributed by atoms with E-state index >= 15 is 0 Å². The summed E-state index contributed by atoms with van der Waals surface area (Å²) in [5.74, 6) is 1.60. The zero-order valence-corrected chi connectivity index (χ0v) is 11.6. The topological polar surface area (TPSA) is 79.2 Å². The summed E-state index contributed by atoms with van der Waals surface area (Å²) in [6.07, 6.45) is 6.82. The van der Waals surface area contributed by atoms with Crippen LogP contribution in [0.3, 0.4) is 0 Å². The summed E-state index contributed by atoms with van der Waals surface area (Å²) in [7, 11) is 0. The van der Waals surface area contributed by atoms with E-state index < -0.39 is 5.97 Å². The van der Waals surface area contributed by atoms with E-state index in [0.29, 0.717) is 17.8 Å². The van der Waals surface area contributed by atoms with Crippen LogP contribution in [0, 0.1) is 34.5 Å². The Kier molecular flexibility index (Phi) is 3.41. The number of nitriles is 1. The van der Waals surface area contributed by atoms with E-state index in [9.17, 15) is 9.59 Å². The third kappa shape index (κ3) is 2.39. The molecular weight excluding hydrogens is 256 g/mol. The maximum absolute atomic E-state index is 12.5. The molecular formula is C15H20N2O3. The molecule has 4 rings (SSSR count). The highest BCUT2D eigenvalue weighted by atomic mass is 16.5. The number of hydrogen-bond donors (Lipinski definition) is 1. The lowest BCUT2D eigenvalue weighted by Crippen LogP contribution is -2.54. The summed E-state index contributed by atoms with van der Waals surface area (Å²) < 4.78 is 4.65. The lowest BCUT2D eigenvalue weighted by Gasteiger charge is -2.55. The first-order chi connectivity index (χ1) is 9.61. The van der Waals surface area contributed by atoms with Crippen molar-refractivity contribution < 1.29 is 14.3 Å². The average Bonchev–Trinajstić information content (AvgIpc) is 2.41. The Morgan fingerprint density at radius 1 is 1.15 bits per heavy atom. The van der Waals surface area contributed by atoms with Crippen LogP contribution in [0.15, 0.2) is 0 Å². The molecule has 1 N–H and O–H groups in total. The first kappa shape index (κ1) is 13.4. The maximum atomic E-state index is 12.5. The monoisotopic (exact) mass is 276 g/mol. The predicted molar refractivity (Wildman–Crippen MR) is 70.2 cm³/mol. The number of amides is 1. The molecule has 0 aliphatic heterocycles. The Morgan fingerprint density at radius 3 is 2.20 bits per heavy atom. The molecule has 4 aliphatic carbocycles. The lowest BCUT2D eigenvalue weighted by molar-refractivity contribution is -0.150. The summed E-state index contributed by atoms with van der Waals surface area (Å²) in [6.45, 7) is -0.381. The van der Waals surface area contributed by atoms with Crippen LogP contribution < -0.4 is 5.32 Å². The van der Waals surface area contributed by atoms with Crippen molar-refractivity contribution in [2.24, 2.45) is 23.2 Å². The number of nitrogens with zero attached hydrogens (tertiary/aromatic N) is 1. The van der Waals surface area contributed by atoms with Crippen LogP contribution in [0.2, 0.25) is 0 Å². The van der Waals surface area contributed by atoms with Crippen LogP contribution in [0.4, 0.5) is 0 Å². The SMILES string of the molecule is N#CCOC(=O)CNC(=O)C12CC3CC(CC(C3)C1)C2. The van der Waals surface area contributed by atoms with Crippen molar-refractivity contribution in [1.82, 2.24) is 5.32 Å². The minimum Gasteiger partial charge on any atom is -0.449 e. The van der Waals surface area contributed by atoms with Gasteiger partial charge >= 0.3 is 5.97 Å².